The van der Waals surface area contributed by atoms with Gasteiger partial charge in [0.05, 0.1) is 11.2 Å². The van der Waals surface area contributed by atoms with E-state index in [4.69, 9.17) is 27.6 Å². The highest BCUT2D eigenvalue weighted by Gasteiger charge is 2.12. The van der Waals surface area contributed by atoms with E-state index in [1.807, 2.05) is 0 Å². The Morgan fingerprint density at radius 3 is 2.54 bits per heavy atom. The predicted molar refractivity (Wildman–Crippen MR) is 102 cm³/mol. The Balaban J connectivity index is 1.50. The maximum Gasteiger partial charge on any atom is 0.269 e. The first-order chi connectivity index (χ1) is 13.4. The summed E-state index contributed by atoms with van der Waals surface area (Å²) in [7, 11) is 0. The van der Waals surface area contributed by atoms with Gasteiger partial charge in [0.15, 0.2) is 11.7 Å². The number of amides is 2. The minimum absolute atomic E-state index is 0.0397. The van der Waals surface area contributed by atoms with Crippen molar-refractivity contribution in [1.82, 2.24) is 15.8 Å². The average Bonchev–Trinajstić information content (AvgIpc) is 3.13. The molecule has 1 heterocycles. The van der Waals surface area contributed by atoms with Gasteiger partial charge >= 0.3 is 0 Å². The summed E-state index contributed by atoms with van der Waals surface area (Å²) in [6.45, 7) is 0. The molecular weight excluding hydrogens is 408 g/mol. The van der Waals surface area contributed by atoms with E-state index < -0.39 is 17.6 Å². The van der Waals surface area contributed by atoms with Crippen molar-refractivity contribution in [1.29, 1.82) is 0 Å². The quantitative estimate of drug-likeness (QED) is 0.605. The molecule has 0 aliphatic rings. The highest BCUT2D eigenvalue weighted by molar-refractivity contribution is 6.36. The average molecular weight is 422 g/mol. The minimum atomic E-state index is -0.552. The summed E-state index contributed by atoms with van der Waals surface area (Å²) in [5, 5.41) is 0.935. The molecule has 3 rings (SSSR count). The topological polar surface area (TPSA) is 84.2 Å². The van der Waals surface area contributed by atoms with Gasteiger partial charge < -0.3 is 4.42 Å². The molecule has 0 saturated carbocycles. The lowest BCUT2D eigenvalue weighted by Gasteiger charge is -2.06. The Kier molecular flexibility index (Phi) is 6.28. The Morgan fingerprint density at radius 2 is 1.82 bits per heavy atom. The van der Waals surface area contributed by atoms with Gasteiger partial charge in [-0.15, -0.1) is 0 Å². The molecule has 0 fully saturated rings. The fourth-order valence-electron chi connectivity index (χ4n) is 2.32. The molecule has 0 atom stereocenters. The van der Waals surface area contributed by atoms with Gasteiger partial charge in [-0.25, -0.2) is 9.37 Å². The molecule has 28 heavy (non-hydrogen) atoms. The summed E-state index contributed by atoms with van der Waals surface area (Å²) in [5.74, 6) is -0.627. The smallest absolute Gasteiger partial charge is 0.269 e. The number of nitrogens with one attached hydrogen (secondary N) is 2. The van der Waals surface area contributed by atoms with Crippen LogP contribution >= 0.6 is 23.2 Å². The molecule has 6 nitrogen and oxygen atoms in total. The minimum Gasteiger partial charge on any atom is -0.441 e. The first-order valence-corrected chi connectivity index (χ1v) is 8.93. The second-order valence-corrected chi connectivity index (χ2v) is 6.60. The van der Waals surface area contributed by atoms with Crippen LogP contribution in [0.2, 0.25) is 10.0 Å². The summed E-state index contributed by atoms with van der Waals surface area (Å²) in [6.07, 6.45) is 1.78. The van der Waals surface area contributed by atoms with Crippen LogP contribution in [0.4, 0.5) is 4.39 Å². The largest absolute Gasteiger partial charge is 0.441 e. The van der Waals surface area contributed by atoms with Crippen LogP contribution < -0.4 is 10.9 Å². The van der Waals surface area contributed by atoms with Crippen molar-refractivity contribution in [3.05, 3.63) is 76.0 Å². The number of aryl methyl sites for hydroxylation is 1. The fourth-order valence-corrected chi connectivity index (χ4v) is 2.82. The van der Waals surface area contributed by atoms with Crippen LogP contribution in [0, 0.1) is 5.82 Å². The molecule has 9 heteroatoms. The van der Waals surface area contributed by atoms with E-state index in [1.54, 1.807) is 18.2 Å². The SMILES string of the molecule is O=C(CCc1ncc(-c2ccc(Cl)cc2Cl)o1)NNC(=O)c1ccc(F)cc1. The van der Waals surface area contributed by atoms with Gasteiger partial charge in [-0.1, -0.05) is 23.2 Å². The number of nitrogens with zero attached hydrogens (tertiary/aromatic N) is 1. The highest BCUT2D eigenvalue weighted by Crippen LogP contribution is 2.30. The summed E-state index contributed by atoms with van der Waals surface area (Å²) in [6, 6.07) is 9.93. The summed E-state index contributed by atoms with van der Waals surface area (Å²) in [4.78, 5) is 27.9. The van der Waals surface area contributed by atoms with Gasteiger partial charge in [-0.05, 0) is 42.5 Å². The number of hydrogen-bond donors (Lipinski definition) is 2. The third kappa shape index (κ3) is 5.09. The molecule has 2 N–H and O–H groups in total. The zero-order valence-corrected chi connectivity index (χ0v) is 15.9. The van der Waals surface area contributed by atoms with Gasteiger partial charge in [0, 0.05) is 29.0 Å². The standard InChI is InChI=1S/C19H14Cl2FN3O3/c20-12-3-6-14(15(21)9-12)16-10-23-18(28-16)8-7-17(26)24-25-19(27)11-1-4-13(22)5-2-11/h1-6,9-10H,7-8H2,(H,24,26)(H,25,27). The first-order valence-electron chi connectivity index (χ1n) is 8.17. The van der Waals surface area contributed by atoms with Crippen LogP contribution in [0.1, 0.15) is 22.7 Å². The lowest BCUT2D eigenvalue weighted by atomic mass is 10.2. The number of hydrogen-bond acceptors (Lipinski definition) is 4. The Morgan fingerprint density at radius 1 is 1.07 bits per heavy atom. The van der Waals surface area contributed by atoms with E-state index in [0.29, 0.717) is 27.3 Å². The van der Waals surface area contributed by atoms with Gasteiger partial charge in [0.25, 0.3) is 5.91 Å². The number of oxazole rings is 1. The molecule has 1 aromatic heterocycles. The molecule has 0 unspecified atom stereocenters. The van der Waals surface area contributed by atoms with E-state index in [-0.39, 0.29) is 18.4 Å². The normalized spacial score (nSPS) is 10.5. The predicted octanol–water partition coefficient (Wildman–Crippen LogP) is 4.18. The molecule has 0 saturated heterocycles. The third-order valence-electron chi connectivity index (χ3n) is 3.74. The van der Waals surface area contributed by atoms with Crippen LogP contribution in [0.25, 0.3) is 11.3 Å². The van der Waals surface area contributed by atoms with Crippen LogP contribution in [0.15, 0.2) is 53.1 Å². The number of benzene rings is 2. The van der Waals surface area contributed by atoms with Crippen molar-refractivity contribution in [2.24, 2.45) is 0 Å². The number of hydrazine groups is 1. The van der Waals surface area contributed by atoms with Gasteiger partial charge in [-0.2, -0.15) is 0 Å². The molecule has 0 spiro atoms. The maximum atomic E-state index is 12.8. The van der Waals surface area contributed by atoms with Crippen LogP contribution in [0.5, 0.6) is 0 Å². The molecular formula is C19H14Cl2FN3O3. The zero-order chi connectivity index (χ0) is 20.1. The van der Waals surface area contributed by atoms with Crippen molar-refractivity contribution in [2.45, 2.75) is 12.8 Å². The summed E-state index contributed by atoms with van der Waals surface area (Å²) >= 11 is 12.0. The second-order valence-electron chi connectivity index (χ2n) is 5.75. The number of halogens is 3. The van der Waals surface area contributed by atoms with E-state index >= 15 is 0 Å². The number of carbonyl (C=O) groups is 2. The van der Waals surface area contributed by atoms with Crippen LogP contribution in [-0.4, -0.2) is 16.8 Å². The van der Waals surface area contributed by atoms with E-state index in [1.165, 1.54) is 18.3 Å². The number of rotatable bonds is 5. The number of carbonyl (C=O) groups excluding carboxylic acids is 2. The molecule has 0 bridgehead atoms. The van der Waals surface area contributed by atoms with E-state index in [9.17, 15) is 14.0 Å². The fraction of sp³-hybridized carbons (Fsp3) is 0.105. The van der Waals surface area contributed by atoms with Crippen molar-refractivity contribution < 1.29 is 18.4 Å². The van der Waals surface area contributed by atoms with Crippen LogP contribution in [-0.2, 0) is 11.2 Å². The molecule has 2 amide bonds. The van der Waals surface area contributed by atoms with Gasteiger partial charge in [-0.3, -0.25) is 20.4 Å². The molecule has 2 aromatic carbocycles. The highest BCUT2D eigenvalue weighted by atomic mass is 35.5. The van der Waals surface area contributed by atoms with Gasteiger partial charge in [0.1, 0.15) is 5.82 Å². The van der Waals surface area contributed by atoms with Crippen LogP contribution in [0.3, 0.4) is 0 Å². The maximum absolute atomic E-state index is 12.8. The van der Waals surface area contributed by atoms with Crippen molar-refractivity contribution >= 4 is 35.0 Å². The second kappa shape index (κ2) is 8.86. The summed E-state index contributed by atoms with van der Waals surface area (Å²) in [5.41, 5.74) is 5.40. The zero-order valence-electron chi connectivity index (χ0n) is 14.3. The first kappa shape index (κ1) is 19.9. The number of aromatic nitrogens is 1. The monoisotopic (exact) mass is 421 g/mol. The lowest BCUT2D eigenvalue weighted by Crippen LogP contribution is -2.41. The van der Waals surface area contributed by atoms with Crippen molar-refractivity contribution in [3.63, 3.8) is 0 Å². The van der Waals surface area contributed by atoms with Crippen molar-refractivity contribution in [3.8, 4) is 11.3 Å². The Hall–Kier alpha value is -2.90. The Labute approximate surface area is 169 Å². The molecule has 0 aliphatic heterocycles. The molecule has 144 valence electrons. The van der Waals surface area contributed by atoms with Gasteiger partial charge in [0.2, 0.25) is 5.91 Å². The molecule has 0 aliphatic carbocycles. The van der Waals surface area contributed by atoms with E-state index in [0.717, 1.165) is 12.1 Å². The third-order valence-corrected chi connectivity index (χ3v) is 4.29. The molecule has 0 radical (unpaired) electrons. The Bertz CT molecular complexity index is 1010. The van der Waals surface area contributed by atoms with Crippen molar-refractivity contribution in [2.75, 3.05) is 0 Å². The van der Waals surface area contributed by atoms with E-state index in [2.05, 4.69) is 15.8 Å². The lowest BCUT2D eigenvalue weighted by molar-refractivity contribution is -0.121. The summed E-state index contributed by atoms with van der Waals surface area (Å²) < 4.78 is 18.5. The molecule has 3 aromatic rings.